The number of hydrogen-bond donors (Lipinski definition) is 1. The number of benzene rings is 1. The second-order valence-electron chi connectivity index (χ2n) is 5.05. The topological polar surface area (TPSA) is 21.3 Å². The maximum absolute atomic E-state index is 6.12. The molecule has 1 aliphatic heterocycles. The summed E-state index contributed by atoms with van der Waals surface area (Å²) in [5, 5.41) is 3.56. The molecule has 1 aromatic carbocycles. The fourth-order valence-corrected chi connectivity index (χ4v) is 2.44. The van der Waals surface area contributed by atoms with Gasteiger partial charge in [0.25, 0.3) is 0 Å². The van der Waals surface area contributed by atoms with Crippen LogP contribution in [0, 0.1) is 5.41 Å². The zero-order chi connectivity index (χ0) is 12.1. The second-order valence-corrected chi connectivity index (χ2v) is 5.05. The fourth-order valence-electron chi connectivity index (χ4n) is 2.44. The predicted molar refractivity (Wildman–Crippen MR) is 71.0 cm³/mol. The smallest absolute Gasteiger partial charge is 0.0949 e. The number of hydrogen-bond acceptors (Lipinski definition) is 2. The van der Waals surface area contributed by atoms with Crippen LogP contribution in [-0.2, 0) is 4.74 Å². The SMILES string of the molecule is CCC1(CC)CNCC(c2ccccc2)OC1. The molecule has 1 fully saturated rings. The van der Waals surface area contributed by atoms with Gasteiger partial charge in [-0.1, -0.05) is 44.2 Å². The van der Waals surface area contributed by atoms with Gasteiger partial charge in [-0.3, -0.25) is 0 Å². The summed E-state index contributed by atoms with van der Waals surface area (Å²) in [6.45, 7) is 7.39. The van der Waals surface area contributed by atoms with E-state index in [1.54, 1.807) is 0 Å². The molecule has 1 saturated heterocycles. The van der Waals surface area contributed by atoms with Crippen LogP contribution in [-0.4, -0.2) is 19.7 Å². The van der Waals surface area contributed by atoms with Gasteiger partial charge in [0.2, 0.25) is 0 Å². The monoisotopic (exact) mass is 233 g/mol. The lowest BCUT2D eigenvalue weighted by Gasteiger charge is -2.29. The van der Waals surface area contributed by atoms with Gasteiger partial charge in [-0.25, -0.2) is 0 Å². The molecule has 1 aliphatic rings. The Morgan fingerprint density at radius 1 is 1.24 bits per heavy atom. The van der Waals surface area contributed by atoms with E-state index < -0.39 is 0 Å². The molecule has 1 aromatic rings. The van der Waals surface area contributed by atoms with E-state index in [-0.39, 0.29) is 6.10 Å². The molecule has 0 aromatic heterocycles. The zero-order valence-corrected chi connectivity index (χ0v) is 10.9. The standard InChI is InChI=1S/C15H23NO/c1-3-15(4-2)11-16-10-14(17-12-15)13-8-6-5-7-9-13/h5-9,14,16H,3-4,10-12H2,1-2H3. The Balaban J connectivity index is 2.06. The predicted octanol–water partition coefficient (Wildman–Crippen LogP) is 3.15. The molecule has 2 heteroatoms. The fraction of sp³-hybridized carbons (Fsp3) is 0.600. The maximum Gasteiger partial charge on any atom is 0.0949 e. The van der Waals surface area contributed by atoms with Crippen molar-refractivity contribution >= 4 is 0 Å². The summed E-state index contributed by atoms with van der Waals surface area (Å²) in [5.74, 6) is 0. The van der Waals surface area contributed by atoms with Crippen molar-refractivity contribution < 1.29 is 4.74 Å². The lowest BCUT2D eigenvalue weighted by atomic mass is 9.83. The van der Waals surface area contributed by atoms with Crippen molar-refractivity contribution in [2.75, 3.05) is 19.7 Å². The number of nitrogens with one attached hydrogen (secondary N) is 1. The van der Waals surface area contributed by atoms with Crippen molar-refractivity contribution in [3.63, 3.8) is 0 Å². The van der Waals surface area contributed by atoms with Gasteiger partial charge in [0.15, 0.2) is 0 Å². The van der Waals surface area contributed by atoms with E-state index in [0.29, 0.717) is 5.41 Å². The van der Waals surface area contributed by atoms with E-state index in [0.717, 1.165) is 19.7 Å². The van der Waals surface area contributed by atoms with Gasteiger partial charge < -0.3 is 10.1 Å². The third kappa shape index (κ3) is 2.88. The van der Waals surface area contributed by atoms with Crippen molar-refractivity contribution in [3.05, 3.63) is 35.9 Å². The van der Waals surface area contributed by atoms with Gasteiger partial charge in [0, 0.05) is 18.5 Å². The molecule has 17 heavy (non-hydrogen) atoms. The molecule has 1 atom stereocenters. The third-order valence-corrected chi connectivity index (χ3v) is 4.09. The van der Waals surface area contributed by atoms with E-state index in [1.807, 2.05) is 0 Å². The summed E-state index contributed by atoms with van der Waals surface area (Å²) >= 11 is 0. The average Bonchev–Trinajstić information content (AvgIpc) is 2.63. The van der Waals surface area contributed by atoms with Crippen LogP contribution in [0.3, 0.4) is 0 Å². The summed E-state index contributed by atoms with van der Waals surface area (Å²) in [6.07, 6.45) is 2.56. The molecule has 0 amide bonds. The number of ether oxygens (including phenoxy) is 1. The highest BCUT2D eigenvalue weighted by Gasteiger charge is 2.30. The Labute approximate surface area is 104 Å². The third-order valence-electron chi connectivity index (χ3n) is 4.09. The van der Waals surface area contributed by atoms with Crippen LogP contribution in [0.4, 0.5) is 0 Å². The second kappa shape index (κ2) is 5.65. The van der Waals surface area contributed by atoms with Crippen LogP contribution in [0.5, 0.6) is 0 Å². The van der Waals surface area contributed by atoms with Gasteiger partial charge >= 0.3 is 0 Å². The average molecular weight is 233 g/mol. The number of rotatable bonds is 3. The Kier molecular flexibility index (Phi) is 4.19. The van der Waals surface area contributed by atoms with Crippen LogP contribution in [0.25, 0.3) is 0 Å². The molecule has 0 saturated carbocycles. The first-order valence-electron chi connectivity index (χ1n) is 6.67. The first-order chi connectivity index (χ1) is 8.29. The van der Waals surface area contributed by atoms with Gasteiger partial charge in [0.05, 0.1) is 12.7 Å². The highest BCUT2D eigenvalue weighted by atomic mass is 16.5. The molecule has 2 nitrogen and oxygen atoms in total. The quantitative estimate of drug-likeness (QED) is 0.866. The van der Waals surface area contributed by atoms with Crippen molar-refractivity contribution in [2.24, 2.45) is 5.41 Å². The van der Waals surface area contributed by atoms with Crippen LogP contribution in [0.15, 0.2) is 30.3 Å². The van der Waals surface area contributed by atoms with Crippen molar-refractivity contribution in [3.8, 4) is 0 Å². The van der Waals surface area contributed by atoms with Crippen molar-refractivity contribution in [1.82, 2.24) is 5.32 Å². The molecule has 1 heterocycles. The van der Waals surface area contributed by atoms with Crippen molar-refractivity contribution in [2.45, 2.75) is 32.8 Å². The van der Waals surface area contributed by atoms with Gasteiger partial charge in [-0.15, -0.1) is 0 Å². The highest BCUT2D eigenvalue weighted by molar-refractivity contribution is 5.18. The van der Waals surface area contributed by atoms with E-state index >= 15 is 0 Å². The molecule has 2 rings (SSSR count). The molecule has 0 aliphatic carbocycles. The van der Waals surface area contributed by atoms with Gasteiger partial charge in [-0.2, -0.15) is 0 Å². The molecule has 94 valence electrons. The first kappa shape index (κ1) is 12.6. The molecular formula is C15H23NO. The Morgan fingerprint density at radius 3 is 2.59 bits per heavy atom. The maximum atomic E-state index is 6.12. The minimum atomic E-state index is 0.205. The minimum absolute atomic E-state index is 0.205. The van der Waals surface area contributed by atoms with E-state index in [2.05, 4.69) is 49.5 Å². The molecule has 1 unspecified atom stereocenters. The lowest BCUT2D eigenvalue weighted by Crippen LogP contribution is -2.34. The summed E-state index contributed by atoms with van der Waals surface area (Å²) in [4.78, 5) is 0. The van der Waals surface area contributed by atoms with Crippen LogP contribution in [0.2, 0.25) is 0 Å². The van der Waals surface area contributed by atoms with E-state index in [9.17, 15) is 0 Å². The first-order valence-corrected chi connectivity index (χ1v) is 6.67. The van der Waals surface area contributed by atoms with Crippen LogP contribution < -0.4 is 5.32 Å². The Hall–Kier alpha value is -0.860. The zero-order valence-electron chi connectivity index (χ0n) is 10.9. The Morgan fingerprint density at radius 2 is 1.94 bits per heavy atom. The van der Waals surface area contributed by atoms with E-state index in [1.165, 1.54) is 18.4 Å². The summed E-state index contributed by atoms with van der Waals surface area (Å²) in [7, 11) is 0. The normalized spacial score (nSPS) is 24.2. The highest BCUT2D eigenvalue weighted by Crippen LogP contribution is 2.31. The van der Waals surface area contributed by atoms with Gasteiger partial charge in [-0.05, 0) is 18.4 Å². The van der Waals surface area contributed by atoms with Crippen LogP contribution in [0.1, 0.15) is 38.4 Å². The summed E-state index contributed by atoms with van der Waals surface area (Å²) in [6, 6.07) is 10.5. The van der Waals surface area contributed by atoms with Gasteiger partial charge in [0.1, 0.15) is 0 Å². The largest absolute Gasteiger partial charge is 0.372 e. The molecule has 0 radical (unpaired) electrons. The Bertz CT molecular complexity index is 332. The summed E-state index contributed by atoms with van der Waals surface area (Å²) in [5.41, 5.74) is 1.60. The molecule has 0 bridgehead atoms. The van der Waals surface area contributed by atoms with Crippen LogP contribution >= 0.6 is 0 Å². The van der Waals surface area contributed by atoms with E-state index in [4.69, 9.17) is 4.74 Å². The molecule has 0 spiro atoms. The molecular weight excluding hydrogens is 210 g/mol. The summed E-state index contributed by atoms with van der Waals surface area (Å²) < 4.78 is 6.12. The molecule has 1 N–H and O–H groups in total. The van der Waals surface area contributed by atoms with Crippen molar-refractivity contribution in [1.29, 1.82) is 0 Å². The lowest BCUT2D eigenvalue weighted by molar-refractivity contribution is 0.0103. The minimum Gasteiger partial charge on any atom is -0.372 e.